The van der Waals surface area contributed by atoms with Gasteiger partial charge in [-0.05, 0) is 37.1 Å². The second-order valence-corrected chi connectivity index (χ2v) is 10.6. The van der Waals surface area contributed by atoms with Crippen molar-refractivity contribution in [2.24, 2.45) is 0 Å². The smallest absolute Gasteiger partial charge is 0.243 e. The highest BCUT2D eigenvalue weighted by molar-refractivity contribution is 7.92. The molecule has 0 atom stereocenters. The molecule has 0 aromatic heterocycles. The van der Waals surface area contributed by atoms with Crippen molar-refractivity contribution in [1.82, 2.24) is 4.31 Å². The van der Waals surface area contributed by atoms with Crippen molar-refractivity contribution in [3.63, 3.8) is 0 Å². The van der Waals surface area contributed by atoms with Crippen LogP contribution in [0.15, 0.2) is 29.2 Å². The third-order valence-electron chi connectivity index (χ3n) is 4.73. The maximum atomic E-state index is 12.9. The molecular weight excluding hydrogens is 392 g/mol. The van der Waals surface area contributed by atoms with Gasteiger partial charge in [-0.2, -0.15) is 4.31 Å². The molecule has 3 rings (SSSR count). The van der Waals surface area contributed by atoms with Crippen LogP contribution in [0.1, 0.15) is 32.6 Å². The molecule has 10 heteroatoms. The van der Waals surface area contributed by atoms with Crippen molar-refractivity contribution in [3.05, 3.63) is 24.3 Å². The van der Waals surface area contributed by atoms with Crippen molar-refractivity contribution in [1.29, 1.82) is 0 Å². The molecule has 2 aliphatic rings. The number of hydrogen-bond donors (Lipinski definition) is 1. The molecular formula is C17H26N2O6S2. The largest absolute Gasteiger partial charge is 0.346 e. The number of nitrogens with one attached hydrogen (secondary N) is 1. The zero-order valence-corrected chi connectivity index (χ0v) is 17.0. The molecule has 2 saturated heterocycles. The van der Waals surface area contributed by atoms with Crippen LogP contribution in [0.4, 0.5) is 5.69 Å². The zero-order valence-electron chi connectivity index (χ0n) is 15.4. The molecule has 27 heavy (non-hydrogen) atoms. The molecule has 0 unspecified atom stereocenters. The highest BCUT2D eigenvalue weighted by atomic mass is 32.2. The van der Waals surface area contributed by atoms with Crippen LogP contribution < -0.4 is 4.72 Å². The molecule has 0 radical (unpaired) electrons. The van der Waals surface area contributed by atoms with Crippen LogP contribution in [-0.2, 0) is 29.5 Å². The van der Waals surface area contributed by atoms with Gasteiger partial charge >= 0.3 is 0 Å². The van der Waals surface area contributed by atoms with Gasteiger partial charge in [0.15, 0.2) is 5.79 Å². The maximum Gasteiger partial charge on any atom is 0.243 e. The first-order valence-electron chi connectivity index (χ1n) is 9.15. The monoisotopic (exact) mass is 418 g/mol. The van der Waals surface area contributed by atoms with Gasteiger partial charge in [0.25, 0.3) is 0 Å². The molecule has 152 valence electrons. The van der Waals surface area contributed by atoms with E-state index in [1.54, 1.807) is 0 Å². The highest BCUT2D eigenvalue weighted by Crippen LogP contribution is 2.33. The average Bonchev–Trinajstić information content (AvgIpc) is 3.08. The van der Waals surface area contributed by atoms with E-state index in [0.717, 1.165) is 6.42 Å². The fourth-order valence-corrected chi connectivity index (χ4v) is 6.08. The summed E-state index contributed by atoms with van der Waals surface area (Å²) >= 11 is 0. The van der Waals surface area contributed by atoms with E-state index in [0.29, 0.717) is 44.7 Å². The van der Waals surface area contributed by atoms with Crippen LogP contribution in [0, 0.1) is 0 Å². The Bertz CT molecular complexity index is 846. The van der Waals surface area contributed by atoms with Crippen molar-refractivity contribution < 1.29 is 26.3 Å². The van der Waals surface area contributed by atoms with Crippen LogP contribution in [0.2, 0.25) is 0 Å². The Morgan fingerprint density at radius 1 is 1.11 bits per heavy atom. The Kier molecular flexibility index (Phi) is 6.11. The van der Waals surface area contributed by atoms with Crippen LogP contribution >= 0.6 is 0 Å². The fourth-order valence-electron chi connectivity index (χ4n) is 3.30. The minimum absolute atomic E-state index is 0.0411. The third kappa shape index (κ3) is 4.80. The standard InChI is InChI=1S/C17H26N2O6S2/c1-2-3-13-26(20,21)18-15-5-7-16(8-6-15)27(22,23)19-10-4-9-17(14-19)24-11-12-25-17/h5-8,18H,2-4,9-14H2,1H3. The Morgan fingerprint density at radius 2 is 1.78 bits per heavy atom. The van der Waals surface area contributed by atoms with Crippen molar-refractivity contribution >= 4 is 25.7 Å². The predicted molar refractivity (Wildman–Crippen MR) is 101 cm³/mol. The van der Waals surface area contributed by atoms with E-state index in [2.05, 4.69) is 4.72 Å². The number of ether oxygens (including phenoxy) is 2. The summed E-state index contributed by atoms with van der Waals surface area (Å²) in [5, 5.41) is 0. The Morgan fingerprint density at radius 3 is 2.41 bits per heavy atom. The summed E-state index contributed by atoms with van der Waals surface area (Å²) in [6.45, 7) is 3.44. The van der Waals surface area contributed by atoms with Crippen molar-refractivity contribution in [2.45, 2.75) is 43.3 Å². The molecule has 2 heterocycles. The first kappa shape index (κ1) is 20.5. The molecule has 1 N–H and O–H groups in total. The van der Waals surface area contributed by atoms with E-state index in [1.807, 2.05) is 6.92 Å². The molecule has 2 aliphatic heterocycles. The van der Waals surface area contributed by atoms with E-state index in [9.17, 15) is 16.8 Å². The average molecular weight is 419 g/mol. The van der Waals surface area contributed by atoms with E-state index in [1.165, 1.54) is 28.6 Å². The van der Waals surface area contributed by atoms with Crippen molar-refractivity contribution in [2.75, 3.05) is 36.8 Å². The third-order valence-corrected chi connectivity index (χ3v) is 7.96. The van der Waals surface area contributed by atoms with Crippen LogP contribution in [-0.4, -0.2) is 59.0 Å². The fraction of sp³-hybridized carbons (Fsp3) is 0.647. The highest BCUT2D eigenvalue weighted by Gasteiger charge is 2.44. The number of benzene rings is 1. The molecule has 2 fully saturated rings. The van der Waals surface area contributed by atoms with E-state index in [-0.39, 0.29) is 17.2 Å². The predicted octanol–water partition coefficient (Wildman–Crippen LogP) is 1.76. The van der Waals surface area contributed by atoms with Gasteiger partial charge in [-0.1, -0.05) is 13.3 Å². The Hall–Kier alpha value is -1.20. The zero-order chi connectivity index (χ0) is 19.5. The normalized spacial score (nSPS) is 20.8. The number of piperidine rings is 1. The van der Waals surface area contributed by atoms with E-state index >= 15 is 0 Å². The van der Waals surface area contributed by atoms with Crippen LogP contribution in [0.25, 0.3) is 0 Å². The van der Waals surface area contributed by atoms with Crippen molar-refractivity contribution in [3.8, 4) is 0 Å². The quantitative estimate of drug-likeness (QED) is 0.724. The second-order valence-electron chi connectivity index (χ2n) is 6.85. The first-order valence-corrected chi connectivity index (χ1v) is 12.2. The molecule has 1 aromatic carbocycles. The Labute approximate surface area is 160 Å². The summed E-state index contributed by atoms with van der Waals surface area (Å²) in [5.41, 5.74) is 0.350. The number of rotatable bonds is 7. The Balaban J connectivity index is 1.72. The molecule has 0 saturated carbocycles. The van der Waals surface area contributed by atoms with E-state index in [4.69, 9.17) is 9.47 Å². The first-order chi connectivity index (χ1) is 12.8. The van der Waals surface area contributed by atoms with Gasteiger partial charge < -0.3 is 9.47 Å². The van der Waals surface area contributed by atoms with Crippen LogP contribution in [0.3, 0.4) is 0 Å². The maximum absolute atomic E-state index is 12.9. The summed E-state index contributed by atoms with van der Waals surface area (Å²) < 4.78 is 65.0. The van der Waals surface area contributed by atoms with Gasteiger partial charge in [-0.15, -0.1) is 0 Å². The second kappa shape index (κ2) is 8.04. The molecule has 1 aromatic rings. The van der Waals surface area contributed by atoms with Gasteiger partial charge in [-0.25, -0.2) is 16.8 Å². The van der Waals surface area contributed by atoms with Gasteiger partial charge in [-0.3, -0.25) is 4.72 Å². The SMILES string of the molecule is CCCCS(=O)(=O)Nc1ccc(S(=O)(=O)N2CCCC3(C2)OCCO3)cc1. The van der Waals surface area contributed by atoms with Gasteiger partial charge in [0, 0.05) is 18.7 Å². The van der Waals surface area contributed by atoms with Gasteiger partial charge in [0.05, 0.1) is 30.4 Å². The van der Waals surface area contributed by atoms with E-state index < -0.39 is 25.8 Å². The molecule has 0 amide bonds. The topological polar surface area (TPSA) is 102 Å². The molecule has 0 bridgehead atoms. The number of sulfonamides is 2. The minimum Gasteiger partial charge on any atom is -0.346 e. The summed E-state index contributed by atoms with van der Waals surface area (Å²) in [6, 6.07) is 5.78. The molecule has 8 nitrogen and oxygen atoms in total. The molecule has 1 spiro atoms. The summed E-state index contributed by atoms with van der Waals surface area (Å²) in [4.78, 5) is 0.119. The number of hydrogen-bond acceptors (Lipinski definition) is 6. The van der Waals surface area contributed by atoms with Crippen LogP contribution in [0.5, 0.6) is 0 Å². The lowest BCUT2D eigenvalue weighted by molar-refractivity contribution is -0.179. The van der Waals surface area contributed by atoms with Gasteiger partial charge in [0.2, 0.25) is 20.0 Å². The number of unbranched alkanes of at least 4 members (excludes halogenated alkanes) is 1. The van der Waals surface area contributed by atoms with Gasteiger partial charge in [0.1, 0.15) is 0 Å². The number of nitrogens with zero attached hydrogens (tertiary/aromatic N) is 1. The minimum atomic E-state index is -3.70. The summed E-state index contributed by atoms with van der Waals surface area (Å²) in [5.74, 6) is -0.792. The number of anilines is 1. The summed E-state index contributed by atoms with van der Waals surface area (Å²) in [6.07, 6.45) is 2.69. The lowest BCUT2D eigenvalue weighted by atomic mass is 10.1. The summed E-state index contributed by atoms with van der Waals surface area (Å²) in [7, 11) is -7.13. The lowest BCUT2D eigenvalue weighted by Gasteiger charge is -2.37. The molecule has 0 aliphatic carbocycles. The lowest BCUT2D eigenvalue weighted by Crippen LogP contribution is -2.50.